The van der Waals surface area contributed by atoms with Crippen LogP contribution in [0.25, 0.3) is 40.9 Å². The number of ketones is 1. The number of aromatic nitrogens is 8. The number of fused-ring (bicyclic) bond motifs is 7. The highest BCUT2D eigenvalue weighted by molar-refractivity contribution is 7.19. The lowest BCUT2D eigenvalue weighted by atomic mass is 9.87. The van der Waals surface area contributed by atoms with Crippen LogP contribution in [0.15, 0.2) is 159 Å². The number of anilines is 4. The molecule has 30 heteroatoms. The quantitative estimate of drug-likeness (QED) is 0.0350. The topological polar surface area (TPSA) is 181 Å². The van der Waals surface area contributed by atoms with Gasteiger partial charge < -0.3 is 21.3 Å². The summed E-state index contributed by atoms with van der Waals surface area (Å²) in [6.45, 7) is 22.0. The lowest BCUT2D eigenvalue weighted by molar-refractivity contribution is -0.127. The van der Waals surface area contributed by atoms with Crippen molar-refractivity contribution in [3.63, 3.8) is 0 Å². The molecule has 4 aromatic carbocycles. The Labute approximate surface area is 721 Å². The number of carbonyl (C=O) groups is 1. The van der Waals surface area contributed by atoms with Gasteiger partial charge in [-0.1, -0.05) is 123 Å². The molecule has 0 radical (unpaired) electrons. The molecule has 4 N–H and O–H groups in total. The highest BCUT2D eigenvalue weighted by Crippen LogP contribution is 2.42. The fraction of sp³-hybridized carbons (Fsp3) is 0.446. The summed E-state index contributed by atoms with van der Waals surface area (Å²) < 4.78 is 115. The van der Waals surface area contributed by atoms with Gasteiger partial charge in [-0.15, -0.1) is 45.3 Å². The molecule has 122 heavy (non-hydrogen) atoms. The molecule has 4 saturated heterocycles. The second-order valence-electron chi connectivity index (χ2n) is 33.3. The molecule has 1 unspecified atom stereocenters. The number of hydrogen-bond donors (Lipinski definition) is 4. The van der Waals surface area contributed by atoms with Crippen LogP contribution in [0.1, 0.15) is 143 Å². The summed E-state index contributed by atoms with van der Waals surface area (Å²) in [5.74, 6) is 4.50. The molecule has 12 aromatic rings. The summed E-state index contributed by atoms with van der Waals surface area (Å²) >= 11 is 5.03. The average molecular weight is 1750 g/mol. The minimum atomic E-state index is -4.23. The highest BCUT2D eigenvalue weighted by Gasteiger charge is 2.43. The van der Waals surface area contributed by atoms with Crippen LogP contribution in [0.5, 0.6) is 0 Å². The van der Waals surface area contributed by atoms with E-state index in [0.29, 0.717) is 72.4 Å². The fourth-order valence-corrected chi connectivity index (χ4v) is 21.7. The Morgan fingerprint density at radius 2 is 0.762 bits per heavy atom. The molecule has 1 saturated carbocycles. The minimum absolute atomic E-state index is 0.160. The predicted octanol–water partition coefficient (Wildman–Crippen LogP) is 20.9. The lowest BCUT2D eigenvalue weighted by Gasteiger charge is -2.38. The van der Waals surface area contributed by atoms with Gasteiger partial charge in [0, 0.05) is 129 Å². The number of allylic oxidation sites excluding steroid dienone is 1. The number of thiophene rings is 4. The van der Waals surface area contributed by atoms with Crippen LogP contribution < -0.4 is 21.3 Å². The molecule has 8 aromatic heterocycles. The summed E-state index contributed by atoms with van der Waals surface area (Å²) in [7, 11) is 0. The number of nitrogens with one attached hydrogen (secondary N) is 4. The van der Waals surface area contributed by atoms with Gasteiger partial charge in [0.1, 0.15) is 73.7 Å². The number of benzene rings is 4. The molecule has 2 bridgehead atoms. The van der Waals surface area contributed by atoms with Crippen LogP contribution in [0, 0.1) is 11.8 Å². The zero-order valence-electron chi connectivity index (χ0n) is 68.8. The van der Waals surface area contributed by atoms with Gasteiger partial charge >= 0.3 is 18.5 Å². The van der Waals surface area contributed by atoms with Gasteiger partial charge in [-0.3, -0.25) is 24.4 Å². The summed E-state index contributed by atoms with van der Waals surface area (Å²) in [4.78, 5) is 60.7. The third-order valence-electron chi connectivity index (χ3n) is 23.8. The van der Waals surface area contributed by atoms with E-state index in [4.69, 9.17) is 0 Å². The predicted molar refractivity (Wildman–Crippen MR) is 474 cm³/mol. The maximum absolute atomic E-state index is 12.8. The van der Waals surface area contributed by atoms with Crippen LogP contribution in [0.4, 0.5) is 62.8 Å². The highest BCUT2D eigenvalue weighted by atomic mass is 32.1. The van der Waals surface area contributed by atoms with E-state index in [1.807, 2.05) is 12.1 Å². The summed E-state index contributed by atoms with van der Waals surface area (Å²) in [5, 5.41) is 17.4. The standard InChI is InChI=1S/C25H27F3N4S.C23H25F3N4OS.C22H25F3N4S.C22H26N4S/c1-16-2-4-19-11-17(3-5-18(19)10-16)14-32-8-6-20(7-9-32)31-23-22-12-21(13-25(26,27)28)33-24(22)30-15-29-23;1-15(31)10-16-2-4-17(5-3-16)13-30-8-6-18(7-9-30)29-21-20-11-19(12-23(24,25)26)32-22(20)28-14-27-21;1-2-15-3-5-16(6-4-15)13-29-9-7-17(8-10-29)28-20-19-11-18(12-22(23,24)25)30-21(19)27-14-26-20;1-2-18-10-19-21(23-14-24-22(19)27-18)25-20-16-8-9-17(20)13-26(12-16)11-15-6-4-3-5-7-15/h3,5,11-12,15,20H,1-2,4,6-10,13-14H2,(H,29,30,31);2-5,11,14,18H,6-10,12-13H2,1H3,(H,27,28,29);3-6,11,14,17H,2,7-10,12-13H2,1H3,(H,26,27,28);3-7,10,14,16-17,20H,2,8-9,11-13H2,1H3,(H,23,24,25)/t;;;16-,17+,20?. The van der Waals surface area contributed by atoms with E-state index in [0.717, 1.165) is 186 Å². The van der Waals surface area contributed by atoms with Crippen LogP contribution in [-0.2, 0) is 82.3 Å². The molecular formula is C92H103F9N16OS4. The smallest absolute Gasteiger partial charge is 0.367 e. The van der Waals surface area contributed by atoms with E-state index in [1.54, 1.807) is 42.8 Å². The Morgan fingerprint density at radius 1 is 0.402 bits per heavy atom. The normalized spacial score (nSPS) is 18.6. The Hall–Kier alpha value is -9.14. The summed E-state index contributed by atoms with van der Waals surface area (Å²) in [5.41, 5.74) is 11.9. The van der Waals surface area contributed by atoms with Gasteiger partial charge in [0.15, 0.2) is 0 Å². The van der Waals surface area contributed by atoms with Crippen molar-refractivity contribution < 1.29 is 44.3 Å². The monoisotopic (exact) mass is 1750 g/mol. The number of nitrogens with zero attached hydrogens (tertiary/aromatic N) is 12. The van der Waals surface area contributed by atoms with Crippen molar-refractivity contribution in [2.75, 3.05) is 73.6 Å². The van der Waals surface area contributed by atoms with E-state index in [9.17, 15) is 44.3 Å². The van der Waals surface area contributed by atoms with E-state index in [2.05, 4.69) is 192 Å². The molecule has 6 aliphatic rings. The Morgan fingerprint density at radius 3 is 1.16 bits per heavy atom. The minimum Gasteiger partial charge on any atom is -0.367 e. The number of carbonyl (C=O) groups excluding carboxylic acids is 1. The second-order valence-corrected chi connectivity index (χ2v) is 37.7. The summed E-state index contributed by atoms with van der Waals surface area (Å²) in [6, 6.07) is 43.0. The molecule has 2 aliphatic carbocycles. The Balaban J connectivity index is 0.000000127. The molecule has 12 heterocycles. The van der Waals surface area contributed by atoms with Gasteiger partial charge in [0.25, 0.3) is 0 Å². The molecule has 3 atom stereocenters. The van der Waals surface area contributed by atoms with Crippen LogP contribution in [-0.4, -0.2) is 160 Å². The molecule has 644 valence electrons. The molecular weight excluding hydrogens is 1640 g/mol. The Bertz CT molecular complexity index is 5470. The largest absolute Gasteiger partial charge is 0.393 e. The number of likely N-dealkylation sites (tertiary alicyclic amines) is 4. The van der Waals surface area contributed by atoms with Crippen LogP contribution >= 0.6 is 45.3 Å². The van der Waals surface area contributed by atoms with Crippen LogP contribution in [0.2, 0.25) is 0 Å². The van der Waals surface area contributed by atoms with Crippen LogP contribution in [0.3, 0.4) is 0 Å². The SMILES string of the molecule is C=C1CCc2cc(CN3CCC(Nc4ncnc5sc(CC(F)(F)F)cc45)CC3)ccc2C1.CC(=O)Cc1ccc(CN2CCC(Nc3ncnc4sc(CC(F)(F)F)cc34)CC2)cc1.CCc1cc2c(NC3[C@@H]4CC[C@H]3CN(Cc3ccccc3)C4)ncnc2s1.CCc1ccc(CN2CCC(Nc3ncnc4sc(CC(F)(F)F)cc34)CC2)cc1. The first-order valence-corrected chi connectivity index (χ1v) is 45.6. The zero-order valence-corrected chi connectivity index (χ0v) is 72.1. The lowest BCUT2D eigenvalue weighted by Crippen LogP contribution is -2.47. The third-order valence-corrected chi connectivity index (χ3v) is 28.1. The van der Waals surface area contributed by atoms with Crippen molar-refractivity contribution in [3.8, 4) is 0 Å². The first-order valence-electron chi connectivity index (χ1n) is 42.3. The third kappa shape index (κ3) is 24.3. The molecule has 0 spiro atoms. The second kappa shape index (κ2) is 39.8. The number of rotatable bonds is 23. The van der Waals surface area contributed by atoms with Crippen molar-refractivity contribution in [2.45, 2.75) is 199 Å². The van der Waals surface area contributed by atoms with Gasteiger partial charge in [-0.25, -0.2) is 39.9 Å². The maximum Gasteiger partial charge on any atom is 0.393 e. The van der Waals surface area contributed by atoms with E-state index in [1.165, 1.54) is 99.7 Å². The first-order chi connectivity index (χ1) is 58.8. The summed E-state index contributed by atoms with van der Waals surface area (Å²) in [6.07, 6.45) is 4.65. The van der Waals surface area contributed by atoms with E-state index >= 15 is 0 Å². The fourth-order valence-electron chi connectivity index (χ4n) is 17.6. The number of hydrogen-bond acceptors (Lipinski definition) is 21. The van der Waals surface area contributed by atoms with Crippen molar-refractivity contribution in [1.29, 1.82) is 0 Å². The van der Waals surface area contributed by atoms with E-state index in [-0.39, 0.29) is 38.5 Å². The number of alkyl halides is 9. The number of piperidine rings is 4. The van der Waals surface area contributed by atoms with Crippen molar-refractivity contribution >= 4 is 115 Å². The van der Waals surface area contributed by atoms with Crippen molar-refractivity contribution in [1.82, 2.24) is 59.5 Å². The van der Waals surface area contributed by atoms with Gasteiger partial charge in [0.2, 0.25) is 0 Å². The first kappa shape index (κ1) is 87.7. The molecule has 0 amide bonds. The number of aryl methyl sites for hydroxylation is 3. The van der Waals surface area contributed by atoms with E-state index < -0.39 is 37.8 Å². The van der Waals surface area contributed by atoms with Gasteiger partial charge in [0.05, 0.1) is 40.8 Å². The number of halogens is 9. The maximum atomic E-state index is 12.8. The average Bonchev–Trinajstić information content (AvgIpc) is 1.51. The Kier molecular flexibility index (Phi) is 28.6. The molecule has 5 fully saturated rings. The van der Waals surface area contributed by atoms with Gasteiger partial charge in [-0.2, -0.15) is 39.5 Å². The molecule has 17 nitrogen and oxygen atoms in total. The molecule has 18 rings (SSSR count). The zero-order chi connectivity index (χ0) is 85.1. The van der Waals surface area contributed by atoms with Crippen molar-refractivity contribution in [2.24, 2.45) is 11.8 Å². The molecule has 4 aliphatic heterocycles. The van der Waals surface area contributed by atoms with Gasteiger partial charge in [-0.05, 0) is 171 Å². The van der Waals surface area contributed by atoms with Crippen molar-refractivity contribution in [3.05, 3.63) is 223 Å². The number of Topliss-reactive ketones (excluding diaryl/α,β-unsaturated/α-hetero) is 1.